The fourth-order valence-corrected chi connectivity index (χ4v) is 6.42. The van der Waals surface area contributed by atoms with Crippen molar-refractivity contribution < 1.29 is 23.0 Å². The predicted molar refractivity (Wildman–Crippen MR) is 105 cm³/mol. The molecule has 0 spiro atoms. The van der Waals surface area contributed by atoms with Crippen LogP contribution < -0.4 is 9.47 Å². The third-order valence-corrected chi connectivity index (χ3v) is 7.92. The molecule has 1 aromatic heterocycles. The number of benzene rings is 1. The first-order valence-corrected chi connectivity index (χ1v) is 11.0. The number of hydrogen-bond acceptors (Lipinski definition) is 7. The molecule has 0 amide bonds. The van der Waals surface area contributed by atoms with Gasteiger partial charge in [-0.25, -0.2) is 13.4 Å². The van der Waals surface area contributed by atoms with Gasteiger partial charge in [0.15, 0.2) is 0 Å². The van der Waals surface area contributed by atoms with Crippen molar-refractivity contribution >= 4 is 10.0 Å². The summed E-state index contributed by atoms with van der Waals surface area (Å²) in [7, 11) is -0.705. The molecule has 8 nitrogen and oxygen atoms in total. The normalized spacial score (nSPS) is 27.0. The highest BCUT2D eigenvalue weighted by atomic mass is 32.2. The van der Waals surface area contributed by atoms with E-state index in [1.54, 1.807) is 28.6 Å². The second kappa shape index (κ2) is 7.23. The van der Waals surface area contributed by atoms with Gasteiger partial charge in [0.2, 0.25) is 15.9 Å². The van der Waals surface area contributed by atoms with Crippen molar-refractivity contribution in [1.82, 2.24) is 14.3 Å². The lowest BCUT2D eigenvalue weighted by atomic mass is 9.82. The molecular weight excluding hydrogens is 394 g/mol. The summed E-state index contributed by atoms with van der Waals surface area (Å²) in [4.78, 5) is 8.58. The molecule has 9 heteroatoms. The molecule has 2 aromatic rings. The fourth-order valence-electron chi connectivity index (χ4n) is 4.55. The van der Waals surface area contributed by atoms with Crippen molar-refractivity contribution in [1.29, 1.82) is 0 Å². The Morgan fingerprint density at radius 3 is 2.28 bits per heavy atom. The Bertz CT molecular complexity index is 995. The second-order valence-corrected chi connectivity index (χ2v) is 9.60. The molecular formula is C20H25N3O5S. The van der Waals surface area contributed by atoms with Crippen LogP contribution in [0.2, 0.25) is 0 Å². The van der Waals surface area contributed by atoms with Crippen LogP contribution in [0.3, 0.4) is 0 Å². The monoisotopic (exact) mass is 419 g/mol. The van der Waals surface area contributed by atoms with Gasteiger partial charge in [0.05, 0.1) is 30.3 Å². The molecule has 0 saturated carbocycles. The number of rotatable bonds is 5. The van der Waals surface area contributed by atoms with Crippen molar-refractivity contribution in [3.63, 3.8) is 0 Å². The molecule has 156 valence electrons. The number of nitrogens with zero attached hydrogens (tertiary/aromatic N) is 3. The van der Waals surface area contributed by atoms with Crippen LogP contribution in [0.4, 0.5) is 0 Å². The molecule has 3 heterocycles. The van der Waals surface area contributed by atoms with Gasteiger partial charge in [-0.05, 0) is 44.7 Å². The highest BCUT2D eigenvalue weighted by Gasteiger charge is 2.53. The molecule has 2 aliphatic heterocycles. The number of methoxy groups -OCH3 is 2. The molecule has 2 atom stereocenters. The first kappa shape index (κ1) is 20.1. The van der Waals surface area contributed by atoms with Gasteiger partial charge >= 0.3 is 6.01 Å². The number of aliphatic hydroxyl groups is 1. The molecule has 2 fully saturated rings. The highest BCUT2D eigenvalue weighted by molar-refractivity contribution is 7.89. The summed E-state index contributed by atoms with van der Waals surface area (Å²) < 4.78 is 38.6. The van der Waals surface area contributed by atoms with E-state index in [4.69, 9.17) is 9.47 Å². The van der Waals surface area contributed by atoms with Gasteiger partial charge in [0.1, 0.15) is 0 Å². The van der Waals surface area contributed by atoms with Crippen molar-refractivity contribution in [2.24, 2.45) is 0 Å². The zero-order valence-electron chi connectivity index (χ0n) is 16.7. The lowest BCUT2D eigenvalue weighted by Gasteiger charge is -2.43. The molecule has 2 aliphatic rings. The van der Waals surface area contributed by atoms with E-state index in [1.807, 2.05) is 6.92 Å². The van der Waals surface area contributed by atoms with Crippen molar-refractivity contribution in [3.8, 4) is 11.9 Å². The second-order valence-electron chi connectivity index (χ2n) is 7.75. The van der Waals surface area contributed by atoms with Crippen LogP contribution in [0, 0.1) is 6.92 Å². The summed E-state index contributed by atoms with van der Waals surface area (Å²) in [5.41, 5.74) is 0.208. The van der Waals surface area contributed by atoms with E-state index in [1.165, 1.54) is 20.4 Å². The van der Waals surface area contributed by atoms with Crippen molar-refractivity contribution in [2.75, 3.05) is 14.2 Å². The topological polar surface area (TPSA) is 102 Å². The number of aryl methyl sites for hydroxylation is 1. The zero-order valence-corrected chi connectivity index (χ0v) is 17.5. The van der Waals surface area contributed by atoms with Crippen LogP contribution in [0.5, 0.6) is 11.9 Å². The van der Waals surface area contributed by atoms with E-state index < -0.39 is 15.6 Å². The largest absolute Gasteiger partial charge is 0.481 e. The minimum atomic E-state index is -3.63. The average Bonchev–Trinajstić information content (AvgIpc) is 3.01. The van der Waals surface area contributed by atoms with E-state index in [0.717, 1.165) is 5.56 Å². The van der Waals surface area contributed by atoms with Gasteiger partial charge in [-0.2, -0.15) is 9.29 Å². The summed E-state index contributed by atoms with van der Waals surface area (Å²) in [5.74, 6) is 0.244. The fraction of sp³-hybridized carbons (Fsp3) is 0.500. The van der Waals surface area contributed by atoms with Crippen LogP contribution in [-0.2, 0) is 15.6 Å². The van der Waals surface area contributed by atoms with Gasteiger partial charge in [0.25, 0.3) is 0 Å². The average molecular weight is 420 g/mol. The lowest BCUT2D eigenvalue weighted by Crippen LogP contribution is -2.52. The van der Waals surface area contributed by atoms with Crippen LogP contribution in [0.25, 0.3) is 0 Å². The molecule has 0 aliphatic carbocycles. The van der Waals surface area contributed by atoms with E-state index >= 15 is 0 Å². The van der Waals surface area contributed by atoms with Crippen LogP contribution in [-0.4, -0.2) is 54.1 Å². The van der Waals surface area contributed by atoms with E-state index in [-0.39, 0.29) is 41.7 Å². The Kier molecular flexibility index (Phi) is 5.00. The van der Waals surface area contributed by atoms with E-state index in [0.29, 0.717) is 18.4 Å². The quantitative estimate of drug-likeness (QED) is 0.791. The molecule has 0 radical (unpaired) electrons. The number of piperidine rings is 1. The minimum absolute atomic E-state index is 0.150. The number of sulfonamides is 1. The van der Waals surface area contributed by atoms with Crippen molar-refractivity contribution in [2.45, 2.75) is 55.2 Å². The SMILES string of the molecule is COc1ncc(C2(O)CC3CCC(C2)N3S(=O)(=O)c2ccc(C)cc2)c(OC)n1. The number of aromatic nitrogens is 2. The summed E-state index contributed by atoms with van der Waals surface area (Å²) in [6, 6.07) is 6.45. The standard InChI is InChI=1S/C20H25N3O5S/c1-13-4-8-16(9-5-13)29(25,26)23-14-6-7-15(23)11-20(24,10-14)17-12-21-19(28-3)22-18(17)27-2/h4-5,8-9,12,14-15,24H,6-7,10-11H2,1-3H3. The third-order valence-electron chi connectivity index (χ3n) is 5.90. The first-order valence-electron chi connectivity index (χ1n) is 9.56. The number of fused-ring (bicyclic) bond motifs is 2. The van der Waals surface area contributed by atoms with Gasteiger partial charge in [-0.15, -0.1) is 0 Å². The molecule has 2 saturated heterocycles. The minimum Gasteiger partial charge on any atom is -0.481 e. The first-order chi connectivity index (χ1) is 13.8. The summed E-state index contributed by atoms with van der Waals surface area (Å²) in [5, 5.41) is 11.5. The van der Waals surface area contributed by atoms with Crippen LogP contribution in [0.15, 0.2) is 35.4 Å². The van der Waals surface area contributed by atoms with E-state index in [9.17, 15) is 13.5 Å². The summed E-state index contributed by atoms with van der Waals surface area (Å²) in [6.45, 7) is 1.92. The maximum atomic E-state index is 13.3. The molecule has 4 rings (SSSR count). The highest BCUT2D eigenvalue weighted by Crippen LogP contribution is 2.49. The smallest absolute Gasteiger partial charge is 0.319 e. The lowest BCUT2D eigenvalue weighted by molar-refractivity contribution is -0.0362. The summed E-state index contributed by atoms with van der Waals surface area (Å²) in [6.07, 6.45) is 3.45. The number of hydrogen-bond donors (Lipinski definition) is 1. The predicted octanol–water partition coefficient (Wildman–Crippen LogP) is 2.01. The van der Waals surface area contributed by atoms with Crippen LogP contribution >= 0.6 is 0 Å². The molecule has 2 bridgehead atoms. The summed E-state index contributed by atoms with van der Waals surface area (Å²) >= 11 is 0. The van der Waals surface area contributed by atoms with Gasteiger partial charge in [-0.1, -0.05) is 17.7 Å². The maximum absolute atomic E-state index is 13.3. The molecule has 1 N–H and O–H groups in total. The Morgan fingerprint density at radius 2 is 1.72 bits per heavy atom. The molecule has 2 unspecified atom stereocenters. The maximum Gasteiger partial charge on any atom is 0.319 e. The van der Waals surface area contributed by atoms with Gasteiger partial charge in [0, 0.05) is 18.3 Å². The number of ether oxygens (including phenoxy) is 2. The Hall–Kier alpha value is -2.23. The Balaban J connectivity index is 1.66. The Morgan fingerprint density at radius 1 is 1.10 bits per heavy atom. The van der Waals surface area contributed by atoms with Gasteiger partial charge < -0.3 is 14.6 Å². The molecule has 29 heavy (non-hydrogen) atoms. The van der Waals surface area contributed by atoms with Crippen molar-refractivity contribution in [3.05, 3.63) is 41.6 Å². The van der Waals surface area contributed by atoms with Crippen LogP contribution in [0.1, 0.15) is 36.8 Å². The third kappa shape index (κ3) is 3.37. The van der Waals surface area contributed by atoms with Gasteiger partial charge in [-0.3, -0.25) is 0 Å². The van der Waals surface area contributed by atoms with E-state index in [2.05, 4.69) is 9.97 Å². The Labute approximate surface area is 170 Å². The zero-order chi connectivity index (χ0) is 20.8. The molecule has 1 aromatic carbocycles.